The maximum Gasteiger partial charge on any atom is 0.435 e. The van der Waals surface area contributed by atoms with Crippen molar-refractivity contribution in [2.24, 2.45) is 12.8 Å². The quantitative estimate of drug-likeness (QED) is 0.295. The Morgan fingerprint density at radius 3 is 2.29 bits per heavy atom. The first-order chi connectivity index (χ1) is 16.5. The van der Waals surface area contributed by atoms with Crippen molar-refractivity contribution in [2.45, 2.75) is 19.0 Å². The molecule has 0 aliphatic rings. The van der Waals surface area contributed by atoms with Gasteiger partial charge in [-0.2, -0.15) is 18.3 Å². The summed E-state index contributed by atoms with van der Waals surface area (Å²) in [5.41, 5.74) is 6.72. The second kappa shape index (κ2) is 9.61. The zero-order chi connectivity index (χ0) is 25.3. The number of aryl methyl sites for hydroxylation is 1. The van der Waals surface area contributed by atoms with Gasteiger partial charge in [-0.05, 0) is 47.0 Å². The fraction of sp³-hybridized carbons (Fsp3) is 0.160. The molecule has 0 bridgehead atoms. The number of hydrogen-bond donors (Lipinski definition) is 3. The lowest BCUT2D eigenvalue weighted by Gasteiger charge is -2.17. The van der Waals surface area contributed by atoms with Crippen LogP contribution in [0.3, 0.4) is 0 Å². The molecule has 182 valence electrons. The van der Waals surface area contributed by atoms with E-state index >= 15 is 0 Å². The van der Waals surface area contributed by atoms with Gasteiger partial charge in [0, 0.05) is 17.6 Å². The van der Waals surface area contributed by atoms with Crippen molar-refractivity contribution in [1.82, 2.24) is 9.78 Å². The Kier molecular flexibility index (Phi) is 6.75. The van der Waals surface area contributed by atoms with Crippen LogP contribution in [0, 0.1) is 0 Å². The molecule has 4 rings (SSSR count). The molecule has 10 heteroatoms. The summed E-state index contributed by atoms with van der Waals surface area (Å²) in [5, 5.41) is 25.0. The standard InChI is InChI=1S/C25H21ClF3N3O3/c1-32-19(12-21(31-32)25(27,28)29)18-10-11-20(35-13-14-2-8-17(26)9-3-14)22(23(18)33)15-4-6-16(7-5-15)24(30)34/h2-12,24,33-34H,13,30H2,1H3. The lowest BCUT2D eigenvalue weighted by molar-refractivity contribution is -0.141. The smallest absolute Gasteiger partial charge is 0.435 e. The van der Waals surface area contributed by atoms with Gasteiger partial charge in [0.05, 0.1) is 11.3 Å². The molecule has 0 fully saturated rings. The molecule has 1 heterocycles. The van der Waals surface area contributed by atoms with E-state index in [0.29, 0.717) is 21.9 Å². The Balaban J connectivity index is 1.80. The van der Waals surface area contributed by atoms with Gasteiger partial charge in [0.25, 0.3) is 0 Å². The third kappa shape index (κ3) is 5.27. The van der Waals surface area contributed by atoms with Crippen molar-refractivity contribution in [1.29, 1.82) is 0 Å². The molecule has 4 N–H and O–H groups in total. The van der Waals surface area contributed by atoms with Crippen molar-refractivity contribution < 1.29 is 28.1 Å². The normalized spacial score (nSPS) is 12.5. The predicted octanol–water partition coefficient (Wildman–Crippen LogP) is 5.66. The number of nitrogens with zero attached hydrogens (tertiary/aromatic N) is 2. The van der Waals surface area contributed by atoms with Crippen LogP contribution in [0.4, 0.5) is 13.2 Å². The van der Waals surface area contributed by atoms with Crippen LogP contribution in [0.15, 0.2) is 66.7 Å². The van der Waals surface area contributed by atoms with Crippen LogP contribution in [0.1, 0.15) is 23.0 Å². The Bertz CT molecular complexity index is 1340. The average molecular weight is 504 g/mol. The van der Waals surface area contributed by atoms with Gasteiger partial charge >= 0.3 is 6.18 Å². The van der Waals surface area contributed by atoms with Gasteiger partial charge in [0.1, 0.15) is 24.3 Å². The van der Waals surface area contributed by atoms with E-state index in [1.165, 1.54) is 13.1 Å². The molecule has 35 heavy (non-hydrogen) atoms. The van der Waals surface area contributed by atoms with Crippen LogP contribution < -0.4 is 10.5 Å². The zero-order valence-corrected chi connectivity index (χ0v) is 19.2. The molecule has 0 aliphatic heterocycles. The first kappa shape index (κ1) is 24.6. The van der Waals surface area contributed by atoms with Crippen LogP contribution in [0.25, 0.3) is 22.4 Å². The van der Waals surface area contributed by atoms with Crippen LogP contribution >= 0.6 is 11.6 Å². The summed E-state index contributed by atoms with van der Waals surface area (Å²) in [4.78, 5) is 0. The highest BCUT2D eigenvalue weighted by atomic mass is 35.5. The number of alkyl halides is 3. The molecule has 6 nitrogen and oxygen atoms in total. The van der Waals surface area contributed by atoms with Gasteiger partial charge in [0.15, 0.2) is 5.69 Å². The summed E-state index contributed by atoms with van der Waals surface area (Å²) >= 11 is 5.93. The Morgan fingerprint density at radius 1 is 1.06 bits per heavy atom. The van der Waals surface area contributed by atoms with Crippen molar-refractivity contribution in [3.63, 3.8) is 0 Å². The van der Waals surface area contributed by atoms with Crippen molar-refractivity contribution in [3.05, 3.63) is 88.6 Å². The summed E-state index contributed by atoms with van der Waals surface area (Å²) < 4.78 is 46.6. The summed E-state index contributed by atoms with van der Waals surface area (Å²) in [6, 6.07) is 17.4. The van der Waals surface area contributed by atoms with Gasteiger partial charge in [-0.15, -0.1) is 0 Å². The number of phenols is 1. The topological polar surface area (TPSA) is 93.5 Å². The molecule has 0 amide bonds. The number of aliphatic hydroxyl groups excluding tert-OH is 1. The van der Waals surface area contributed by atoms with Crippen molar-refractivity contribution >= 4 is 11.6 Å². The number of hydrogen-bond acceptors (Lipinski definition) is 5. The number of nitrogens with two attached hydrogens (primary N) is 1. The van der Waals surface area contributed by atoms with Crippen LogP contribution in [0.2, 0.25) is 5.02 Å². The molecular weight excluding hydrogens is 483 g/mol. The molecule has 0 saturated carbocycles. The molecule has 3 aromatic carbocycles. The van der Waals surface area contributed by atoms with E-state index in [0.717, 1.165) is 16.3 Å². The van der Waals surface area contributed by atoms with Crippen LogP contribution in [-0.2, 0) is 19.8 Å². The molecular formula is C25H21ClF3N3O3. The van der Waals surface area contributed by atoms with E-state index < -0.39 is 18.1 Å². The van der Waals surface area contributed by atoms with Gasteiger partial charge in [0.2, 0.25) is 0 Å². The first-order valence-corrected chi connectivity index (χ1v) is 10.8. The summed E-state index contributed by atoms with van der Waals surface area (Å²) in [5.74, 6) is 0.0248. The fourth-order valence-electron chi connectivity index (χ4n) is 3.63. The van der Waals surface area contributed by atoms with Gasteiger partial charge < -0.3 is 20.7 Å². The maximum absolute atomic E-state index is 13.2. The lowest BCUT2D eigenvalue weighted by atomic mass is 9.97. The number of rotatable bonds is 6. The highest BCUT2D eigenvalue weighted by molar-refractivity contribution is 6.30. The van der Waals surface area contributed by atoms with E-state index in [1.54, 1.807) is 54.6 Å². The number of aliphatic hydroxyl groups is 1. The second-order valence-electron chi connectivity index (χ2n) is 7.85. The highest BCUT2D eigenvalue weighted by Gasteiger charge is 2.35. The van der Waals surface area contributed by atoms with E-state index in [-0.39, 0.29) is 29.2 Å². The summed E-state index contributed by atoms with van der Waals surface area (Å²) in [6.07, 6.45) is -5.81. The Morgan fingerprint density at radius 2 is 1.71 bits per heavy atom. The summed E-state index contributed by atoms with van der Waals surface area (Å²) in [7, 11) is 1.37. The van der Waals surface area contributed by atoms with Crippen LogP contribution in [-0.4, -0.2) is 20.0 Å². The highest BCUT2D eigenvalue weighted by Crippen LogP contribution is 2.45. The minimum Gasteiger partial charge on any atom is -0.506 e. The van der Waals surface area contributed by atoms with Crippen molar-refractivity contribution in [2.75, 3.05) is 0 Å². The Hall–Kier alpha value is -3.53. The SMILES string of the molecule is Cn1nc(C(F)(F)F)cc1-c1ccc(OCc2ccc(Cl)cc2)c(-c2ccc(C(N)O)cc2)c1O. The summed E-state index contributed by atoms with van der Waals surface area (Å²) in [6.45, 7) is 0.159. The van der Waals surface area contributed by atoms with Crippen molar-refractivity contribution in [3.8, 4) is 33.9 Å². The third-order valence-electron chi connectivity index (χ3n) is 5.43. The molecule has 1 aromatic heterocycles. The van der Waals surface area contributed by atoms with E-state index in [4.69, 9.17) is 22.1 Å². The number of aromatic nitrogens is 2. The molecule has 4 aromatic rings. The number of phenolic OH excluding ortho intramolecular Hbond substituents is 1. The molecule has 0 spiro atoms. The van der Waals surface area contributed by atoms with Gasteiger partial charge in [-0.3, -0.25) is 4.68 Å². The average Bonchev–Trinajstić information content (AvgIpc) is 3.21. The first-order valence-electron chi connectivity index (χ1n) is 10.4. The zero-order valence-electron chi connectivity index (χ0n) is 18.4. The number of aromatic hydroxyl groups is 1. The molecule has 0 saturated heterocycles. The molecule has 1 unspecified atom stereocenters. The molecule has 0 radical (unpaired) electrons. The predicted molar refractivity (Wildman–Crippen MR) is 126 cm³/mol. The number of ether oxygens (including phenoxy) is 1. The monoisotopic (exact) mass is 503 g/mol. The molecule has 0 aliphatic carbocycles. The minimum absolute atomic E-state index is 0.0781. The van der Waals surface area contributed by atoms with E-state index in [2.05, 4.69) is 5.10 Å². The Labute approximate surface area is 204 Å². The fourth-order valence-corrected chi connectivity index (χ4v) is 3.75. The third-order valence-corrected chi connectivity index (χ3v) is 5.69. The van der Waals surface area contributed by atoms with E-state index in [1.807, 2.05) is 0 Å². The second-order valence-corrected chi connectivity index (χ2v) is 8.29. The van der Waals surface area contributed by atoms with Crippen LogP contribution in [0.5, 0.6) is 11.5 Å². The van der Waals surface area contributed by atoms with Gasteiger partial charge in [-0.25, -0.2) is 0 Å². The molecule has 1 atom stereocenters. The number of benzene rings is 3. The number of halogens is 4. The minimum atomic E-state index is -4.63. The van der Waals surface area contributed by atoms with Gasteiger partial charge in [-0.1, -0.05) is 48.0 Å². The van der Waals surface area contributed by atoms with E-state index in [9.17, 15) is 23.4 Å². The maximum atomic E-state index is 13.2. The lowest BCUT2D eigenvalue weighted by Crippen LogP contribution is -2.07. The largest absolute Gasteiger partial charge is 0.506 e.